The van der Waals surface area contributed by atoms with Crippen LogP contribution in [0.4, 0.5) is 5.69 Å². The Morgan fingerprint density at radius 1 is 1.11 bits per heavy atom. The van der Waals surface area contributed by atoms with Gasteiger partial charge < -0.3 is 9.64 Å². The van der Waals surface area contributed by atoms with Gasteiger partial charge in [-0.25, -0.2) is 0 Å². The number of hydrogen-bond donors (Lipinski definition) is 0. The largest absolute Gasteiger partial charge is 0.424 e. The normalized spacial score (nSPS) is 16.7. The summed E-state index contributed by atoms with van der Waals surface area (Å²) in [4.78, 5) is 31.1. The van der Waals surface area contributed by atoms with E-state index in [0.717, 1.165) is 22.2 Å². The van der Waals surface area contributed by atoms with E-state index in [4.69, 9.17) is 4.74 Å². The van der Waals surface area contributed by atoms with Gasteiger partial charge in [-0.05, 0) is 49.2 Å². The molecule has 0 N–H and O–H groups in total. The van der Waals surface area contributed by atoms with Crippen molar-refractivity contribution in [2.24, 2.45) is 5.92 Å². The molecule has 1 saturated heterocycles. The number of carbonyl (C=O) groups is 2. The number of rotatable bonds is 3. The van der Waals surface area contributed by atoms with Crippen LogP contribution in [-0.4, -0.2) is 23.4 Å². The first kappa shape index (κ1) is 17.2. The quantitative estimate of drug-likeness (QED) is 0.526. The van der Waals surface area contributed by atoms with Gasteiger partial charge in [0.05, 0.1) is 5.92 Å². The molecule has 136 valence electrons. The molecule has 0 unspecified atom stereocenters. The van der Waals surface area contributed by atoms with E-state index in [1.54, 1.807) is 17.2 Å². The van der Waals surface area contributed by atoms with Crippen molar-refractivity contribution in [3.63, 3.8) is 0 Å². The Hall–Kier alpha value is -3.21. The number of pyridine rings is 1. The van der Waals surface area contributed by atoms with Gasteiger partial charge in [-0.15, -0.1) is 0 Å². The fraction of sp³-hybridized carbons (Fsp3) is 0.227. The topological polar surface area (TPSA) is 59.5 Å². The highest BCUT2D eigenvalue weighted by molar-refractivity contribution is 6.00. The summed E-state index contributed by atoms with van der Waals surface area (Å²) < 4.78 is 5.61. The van der Waals surface area contributed by atoms with Crippen LogP contribution in [0.1, 0.15) is 17.5 Å². The number of amides is 1. The van der Waals surface area contributed by atoms with E-state index in [1.165, 1.54) is 0 Å². The maximum Gasteiger partial charge on any atom is 0.316 e. The summed E-state index contributed by atoms with van der Waals surface area (Å²) >= 11 is 0. The minimum atomic E-state index is -0.489. The van der Waals surface area contributed by atoms with Gasteiger partial charge in [0.25, 0.3) is 0 Å². The number of para-hydroxylation sites is 1. The molecule has 5 heteroatoms. The molecule has 1 fully saturated rings. The van der Waals surface area contributed by atoms with Crippen LogP contribution in [0.3, 0.4) is 0 Å². The number of aromatic nitrogens is 1. The first-order valence-corrected chi connectivity index (χ1v) is 8.95. The van der Waals surface area contributed by atoms with Gasteiger partial charge in [-0.1, -0.05) is 24.3 Å². The van der Waals surface area contributed by atoms with Gasteiger partial charge in [-0.3, -0.25) is 14.6 Å². The smallest absolute Gasteiger partial charge is 0.316 e. The number of aryl methyl sites for hydroxylation is 2. The fourth-order valence-corrected chi connectivity index (χ4v) is 3.57. The Labute approximate surface area is 157 Å². The highest BCUT2D eigenvalue weighted by atomic mass is 16.5. The SMILES string of the molecule is Cc1cc(C)cc(N2C[C@H](C(=O)Oc3cccc4cccnc34)CC2=O)c1. The first-order valence-electron chi connectivity index (χ1n) is 8.95. The summed E-state index contributed by atoms with van der Waals surface area (Å²) in [7, 11) is 0. The average molecular weight is 360 g/mol. The lowest BCUT2D eigenvalue weighted by Gasteiger charge is -2.18. The summed E-state index contributed by atoms with van der Waals surface area (Å²) in [6.45, 7) is 4.32. The maximum atomic E-state index is 12.7. The van der Waals surface area contributed by atoms with E-state index in [-0.39, 0.29) is 12.3 Å². The zero-order valence-corrected chi connectivity index (χ0v) is 15.3. The standard InChI is InChI=1S/C22H20N2O3/c1-14-9-15(2)11-18(10-14)24-13-17(12-20(24)25)22(26)27-19-7-3-5-16-6-4-8-23-21(16)19/h3-11,17H,12-13H2,1-2H3/t17-/m1/s1. The number of ether oxygens (including phenoxy) is 1. The second-order valence-corrected chi connectivity index (χ2v) is 7.00. The van der Waals surface area contributed by atoms with Crippen molar-refractivity contribution >= 4 is 28.5 Å². The molecule has 0 spiro atoms. The molecule has 1 amide bonds. The molecule has 0 radical (unpaired) electrons. The molecule has 1 atom stereocenters. The molecule has 1 aliphatic rings. The molecule has 0 aliphatic carbocycles. The van der Waals surface area contributed by atoms with Crippen LogP contribution in [0.25, 0.3) is 10.9 Å². The molecule has 1 aromatic heterocycles. The molecular weight excluding hydrogens is 340 g/mol. The molecule has 0 saturated carbocycles. The van der Waals surface area contributed by atoms with E-state index in [0.29, 0.717) is 17.8 Å². The van der Waals surface area contributed by atoms with Gasteiger partial charge in [0, 0.05) is 30.2 Å². The fourth-order valence-electron chi connectivity index (χ4n) is 3.57. The molecule has 0 bridgehead atoms. The Kier molecular flexibility index (Phi) is 4.36. The first-order chi connectivity index (χ1) is 13.0. The summed E-state index contributed by atoms with van der Waals surface area (Å²) in [5, 5.41) is 0.905. The third-order valence-corrected chi connectivity index (χ3v) is 4.78. The van der Waals surface area contributed by atoms with Crippen LogP contribution in [0, 0.1) is 19.8 Å². The van der Waals surface area contributed by atoms with E-state index in [1.807, 2.05) is 50.2 Å². The van der Waals surface area contributed by atoms with Crippen LogP contribution in [0.5, 0.6) is 5.75 Å². The lowest BCUT2D eigenvalue weighted by Crippen LogP contribution is -2.27. The van der Waals surface area contributed by atoms with Crippen molar-refractivity contribution < 1.29 is 14.3 Å². The summed E-state index contributed by atoms with van der Waals surface area (Å²) in [5.74, 6) is -0.515. The third-order valence-electron chi connectivity index (χ3n) is 4.78. The van der Waals surface area contributed by atoms with Crippen LogP contribution in [-0.2, 0) is 9.59 Å². The minimum absolute atomic E-state index is 0.0574. The highest BCUT2D eigenvalue weighted by Crippen LogP contribution is 2.29. The van der Waals surface area contributed by atoms with Crippen molar-refractivity contribution in [1.82, 2.24) is 4.98 Å². The Morgan fingerprint density at radius 3 is 2.63 bits per heavy atom. The molecule has 2 heterocycles. The van der Waals surface area contributed by atoms with Gasteiger partial charge in [0.2, 0.25) is 5.91 Å². The summed E-state index contributed by atoms with van der Waals surface area (Å²) in [6.07, 6.45) is 1.82. The number of anilines is 1. The van der Waals surface area contributed by atoms with E-state index >= 15 is 0 Å². The predicted molar refractivity (Wildman–Crippen MR) is 104 cm³/mol. The summed E-state index contributed by atoms with van der Waals surface area (Å²) in [5.41, 5.74) is 3.65. The average Bonchev–Trinajstić information content (AvgIpc) is 3.03. The second-order valence-electron chi connectivity index (χ2n) is 7.00. The minimum Gasteiger partial charge on any atom is -0.424 e. The van der Waals surface area contributed by atoms with Crippen LogP contribution in [0.15, 0.2) is 54.7 Å². The van der Waals surface area contributed by atoms with Crippen molar-refractivity contribution in [3.05, 3.63) is 65.9 Å². The number of fused-ring (bicyclic) bond motifs is 1. The van der Waals surface area contributed by atoms with E-state index in [2.05, 4.69) is 11.1 Å². The number of benzene rings is 2. The zero-order chi connectivity index (χ0) is 19.0. The van der Waals surface area contributed by atoms with E-state index < -0.39 is 11.9 Å². The Balaban J connectivity index is 1.54. The number of esters is 1. The molecule has 4 rings (SSSR count). The number of hydrogen-bond acceptors (Lipinski definition) is 4. The molecule has 5 nitrogen and oxygen atoms in total. The second kappa shape index (κ2) is 6.83. The molecule has 1 aliphatic heterocycles. The van der Waals surface area contributed by atoms with Crippen molar-refractivity contribution in [1.29, 1.82) is 0 Å². The van der Waals surface area contributed by atoms with Gasteiger partial charge in [0.15, 0.2) is 5.75 Å². The lowest BCUT2D eigenvalue weighted by molar-refractivity contribution is -0.139. The van der Waals surface area contributed by atoms with Crippen molar-refractivity contribution in [2.75, 3.05) is 11.4 Å². The summed E-state index contributed by atoms with van der Waals surface area (Å²) in [6, 6.07) is 15.2. The van der Waals surface area contributed by atoms with Crippen LogP contribution in [0.2, 0.25) is 0 Å². The monoisotopic (exact) mass is 360 g/mol. The van der Waals surface area contributed by atoms with Crippen LogP contribution < -0.4 is 9.64 Å². The molecule has 2 aromatic carbocycles. The zero-order valence-electron chi connectivity index (χ0n) is 15.3. The molecule has 27 heavy (non-hydrogen) atoms. The number of nitrogens with zero attached hydrogens (tertiary/aromatic N) is 2. The van der Waals surface area contributed by atoms with Gasteiger partial charge >= 0.3 is 5.97 Å². The lowest BCUT2D eigenvalue weighted by atomic mass is 10.1. The highest BCUT2D eigenvalue weighted by Gasteiger charge is 2.36. The Morgan fingerprint density at radius 2 is 1.85 bits per heavy atom. The van der Waals surface area contributed by atoms with Gasteiger partial charge in [0.1, 0.15) is 5.52 Å². The number of carbonyl (C=O) groups excluding carboxylic acids is 2. The van der Waals surface area contributed by atoms with Crippen LogP contribution >= 0.6 is 0 Å². The molecular formula is C22H20N2O3. The third kappa shape index (κ3) is 3.40. The van der Waals surface area contributed by atoms with Crippen molar-refractivity contribution in [3.8, 4) is 5.75 Å². The van der Waals surface area contributed by atoms with E-state index in [9.17, 15) is 9.59 Å². The Bertz CT molecular complexity index is 1020. The molecule has 3 aromatic rings. The predicted octanol–water partition coefficient (Wildman–Crippen LogP) is 3.81. The maximum absolute atomic E-state index is 12.7. The van der Waals surface area contributed by atoms with Crippen molar-refractivity contribution in [2.45, 2.75) is 20.3 Å². The van der Waals surface area contributed by atoms with Gasteiger partial charge in [-0.2, -0.15) is 0 Å².